The molecule has 2 unspecified atom stereocenters. The van der Waals surface area contributed by atoms with Gasteiger partial charge in [0, 0.05) is 18.6 Å². The molecule has 1 radical (unpaired) electrons. The van der Waals surface area contributed by atoms with Crippen molar-refractivity contribution >= 4 is 36.8 Å². The molecule has 4 heteroatoms. The average molecular weight is 245 g/mol. The summed E-state index contributed by atoms with van der Waals surface area (Å²) in [5.41, 5.74) is 0. The molecule has 0 saturated heterocycles. The summed E-state index contributed by atoms with van der Waals surface area (Å²) in [6.45, 7) is 0. The molecular weight excluding hydrogens is 240 g/mol. The van der Waals surface area contributed by atoms with Crippen molar-refractivity contribution in [1.82, 2.24) is 0 Å². The summed E-state index contributed by atoms with van der Waals surface area (Å²) in [6.07, 6.45) is 0. The molecule has 0 bridgehead atoms. The van der Waals surface area contributed by atoms with E-state index >= 15 is 0 Å². The van der Waals surface area contributed by atoms with E-state index in [1.54, 1.807) is 0 Å². The van der Waals surface area contributed by atoms with Gasteiger partial charge >= 0.3 is 0 Å². The molecule has 0 amide bonds. The fraction of sp³-hybridized carbons (Fsp3) is 0. The predicted molar refractivity (Wildman–Crippen MR) is 32.0 cm³/mol. The van der Waals surface area contributed by atoms with Crippen LogP contribution in [-0.4, -0.2) is 1.28 Å². The van der Waals surface area contributed by atoms with Crippen molar-refractivity contribution < 1.29 is 18.6 Å². The van der Waals surface area contributed by atoms with E-state index in [1.165, 1.54) is 0 Å². The molecule has 4 heavy (non-hydrogen) atoms. The molecule has 25 valence electrons. The van der Waals surface area contributed by atoms with Gasteiger partial charge in [0.2, 0.25) is 0 Å². The number of hydrogen-bond donors (Lipinski definition) is 0. The van der Waals surface area contributed by atoms with Crippen LogP contribution in [0.15, 0.2) is 0 Å². The fourth-order valence-electron chi connectivity index (χ4n) is 0. The van der Waals surface area contributed by atoms with Crippen LogP contribution in [0.2, 0.25) is 0 Å². The van der Waals surface area contributed by atoms with E-state index in [0.717, 1.165) is 5.91 Å². The van der Waals surface area contributed by atoms with Gasteiger partial charge in [0.25, 0.3) is 0 Å². The molecule has 0 saturated carbocycles. The van der Waals surface area contributed by atoms with Crippen molar-refractivity contribution in [3.05, 3.63) is 0 Å². The van der Waals surface area contributed by atoms with Crippen molar-refractivity contribution in [2.24, 2.45) is 0 Å². The molecular formula is H3IP2V. The van der Waals surface area contributed by atoms with Gasteiger partial charge in [-0.2, -0.15) is 0 Å². The van der Waals surface area contributed by atoms with Crippen LogP contribution in [0, 0.1) is 0 Å². The zero-order valence-electron chi connectivity index (χ0n) is 2.83. The fourth-order valence-corrected chi connectivity index (χ4v) is 0. The minimum atomic E-state index is 0. The van der Waals surface area contributed by atoms with Crippen LogP contribution in [0.25, 0.3) is 0 Å². The van der Waals surface area contributed by atoms with Crippen LogP contribution >= 0.6 is 36.8 Å². The second-order valence-electron chi connectivity index (χ2n) is 0.0945. The van der Waals surface area contributed by atoms with Gasteiger partial charge in [-0.05, 0) is 5.91 Å². The molecule has 0 nitrogen and oxygen atoms in total. The standard InChI is InChI=1S/H3IP2.V/c1-3-2;/h3H,2H2;/i2T;. The summed E-state index contributed by atoms with van der Waals surface area (Å²) >= 11 is 2.20. The molecule has 0 aromatic carbocycles. The average Bonchev–Trinajstić information content (AvgIpc) is 1.37. The monoisotopic (exact) mass is 245 g/mol. The van der Waals surface area contributed by atoms with Crippen molar-refractivity contribution in [3.63, 3.8) is 0 Å². The largest absolute Gasteiger partial charge is 0.104 e. The first-order valence-corrected chi connectivity index (χ1v) is 6.05. The summed E-state index contributed by atoms with van der Waals surface area (Å²) in [6, 6.07) is 0. The maximum absolute atomic E-state index is 6.48. The zero-order valence-corrected chi connectivity index (χ0v) is 7.38. The smallest absolute Gasteiger partial charge is 0.0598 e. The van der Waals surface area contributed by atoms with Crippen LogP contribution in [0.5, 0.6) is 0 Å². The first-order valence-electron chi connectivity index (χ1n) is 0.939. The summed E-state index contributed by atoms with van der Waals surface area (Å²) in [4.78, 5) is 0. The van der Waals surface area contributed by atoms with Gasteiger partial charge in [-0.25, -0.2) is 0 Å². The van der Waals surface area contributed by atoms with Gasteiger partial charge in [0.05, 0.1) is 1.28 Å². The van der Waals surface area contributed by atoms with Crippen LogP contribution in [0.3, 0.4) is 0 Å². The Labute approximate surface area is 56.4 Å². The Balaban J connectivity index is 0. The van der Waals surface area contributed by atoms with E-state index in [4.69, 9.17) is 1.28 Å². The van der Waals surface area contributed by atoms with Crippen LogP contribution in [0.1, 0.15) is 0 Å². The van der Waals surface area contributed by atoms with E-state index in [9.17, 15) is 0 Å². The maximum atomic E-state index is 6.48. The molecule has 0 rings (SSSR count). The molecule has 0 aliphatic rings. The Bertz CT molecular complexity index is 11.6. The quantitative estimate of drug-likeness (QED) is 0.488. The molecule has 0 N–H and O–H groups in total. The summed E-state index contributed by atoms with van der Waals surface area (Å²) in [5.74, 6) is 0.805. The minimum absolute atomic E-state index is 0. The Hall–Kier alpha value is 2.17. The molecule has 0 aromatic heterocycles. The first-order chi connectivity index (χ1) is 1.91. The van der Waals surface area contributed by atoms with Crippen LogP contribution < -0.4 is 0 Å². The van der Waals surface area contributed by atoms with Gasteiger partial charge in [-0.3, -0.25) is 0 Å². The molecule has 0 spiro atoms. The normalized spacial score (nSPS) is 13.8. The molecule has 0 aromatic rings. The van der Waals surface area contributed by atoms with E-state index < -0.39 is 0 Å². The van der Waals surface area contributed by atoms with E-state index in [-0.39, 0.29) is 18.6 Å². The topological polar surface area (TPSA) is 0 Å². The molecule has 0 fully saturated rings. The third-order valence-electron chi connectivity index (χ3n) is 0. The second kappa shape index (κ2) is 8.95. The van der Waals surface area contributed by atoms with Crippen molar-refractivity contribution in [3.8, 4) is 0 Å². The summed E-state index contributed by atoms with van der Waals surface area (Å²) in [5, 5.41) is 0. The molecule has 2 atom stereocenters. The van der Waals surface area contributed by atoms with Gasteiger partial charge in [-0.1, -0.05) is 22.0 Å². The first kappa shape index (κ1) is 6.17. The summed E-state index contributed by atoms with van der Waals surface area (Å²) < 4.78 is 6.48. The Kier molecular flexibility index (Phi) is 13.8. The van der Waals surface area contributed by atoms with Gasteiger partial charge in [0.15, 0.2) is 0 Å². The Morgan fingerprint density at radius 1 is 2.25 bits per heavy atom. The number of halogens is 1. The predicted octanol–water partition coefficient (Wildman–Crippen LogP) is 1.80. The minimum Gasteiger partial charge on any atom is -0.104 e. The Morgan fingerprint density at radius 2 is 2.50 bits per heavy atom. The van der Waals surface area contributed by atoms with Crippen LogP contribution in [0.4, 0.5) is 0 Å². The Morgan fingerprint density at radius 3 is 2.50 bits per heavy atom. The maximum Gasteiger partial charge on any atom is 0.0598 e. The summed E-state index contributed by atoms with van der Waals surface area (Å²) in [7, 11) is 0.405. The number of hydrogen-bond acceptors (Lipinski definition) is 0. The third kappa shape index (κ3) is 8.90. The van der Waals surface area contributed by atoms with Gasteiger partial charge in [-0.15, -0.1) is 8.87 Å². The van der Waals surface area contributed by atoms with E-state index in [1.807, 2.05) is 0 Å². The van der Waals surface area contributed by atoms with Crippen molar-refractivity contribution in [2.45, 2.75) is 0 Å². The molecule has 0 aliphatic heterocycles. The zero-order chi connectivity index (χ0) is 3.41. The van der Waals surface area contributed by atoms with Crippen LogP contribution in [-0.2, 0) is 18.6 Å². The second-order valence-corrected chi connectivity index (χ2v) is 5.70. The van der Waals surface area contributed by atoms with E-state index in [0.29, 0.717) is 8.87 Å². The number of rotatable bonds is 1. The van der Waals surface area contributed by atoms with Crippen molar-refractivity contribution in [1.29, 1.82) is 1.28 Å². The SMILES string of the molecule is [3H]PPI.[V]. The van der Waals surface area contributed by atoms with Crippen molar-refractivity contribution in [2.75, 3.05) is 0 Å². The molecule has 0 heterocycles. The molecule has 0 aliphatic carbocycles. The van der Waals surface area contributed by atoms with E-state index in [2.05, 4.69) is 22.0 Å². The van der Waals surface area contributed by atoms with Gasteiger partial charge < -0.3 is 0 Å². The third-order valence-corrected chi connectivity index (χ3v) is 0. The van der Waals surface area contributed by atoms with Gasteiger partial charge in [0.1, 0.15) is 0 Å².